The van der Waals surface area contributed by atoms with Crippen molar-refractivity contribution < 1.29 is 31.2 Å². The van der Waals surface area contributed by atoms with E-state index < -0.39 is 28.5 Å². The SMILES string of the molecule is NC1CC(OCc2nnc([C@@H]3CC[C@H]4CN3C(=O)N4OS(=O)(=O)O)o2)C1. The summed E-state index contributed by atoms with van der Waals surface area (Å²) in [6.45, 7) is 0.416. The molecular weight excluding hydrogens is 370 g/mol. The van der Waals surface area contributed by atoms with Gasteiger partial charge < -0.3 is 19.8 Å². The lowest BCUT2D eigenvalue weighted by Gasteiger charge is -2.31. The molecular formula is C13H19N5O7S. The molecule has 1 aliphatic carbocycles. The minimum Gasteiger partial charge on any atom is -0.420 e. The summed E-state index contributed by atoms with van der Waals surface area (Å²) in [7, 11) is -4.77. The van der Waals surface area contributed by atoms with Gasteiger partial charge in [-0.25, -0.2) is 4.79 Å². The molecule has 2 amide bonds. The van der Waals surface area contributed by atoms with Gasteiger partial charge in [0.05, 0.1) is 12.1 Å². The Kier molecular flexibility index (Phi) is 4.35. The summed E-state index contributed by atoms with van der Waals surface area (Å²) >= 11 is 0. The van der Waals surface area contributed by atoms with Crippen molar-refractivity contribution in [1.29, 1.82) is 0 Å². The van der Waals surface area contributed by atoms with Crippen LogP contribution in [0.5, 0.6) is 0 Å². The topological polar surface area (TPSA) is 161 Å². The fraction of sp³-hybridized carbons (Fsp3) is 0.769. The van der Waals surface area contributed by atoms with E-state index in [9.17, 15) is 13.2 Å². The fourth-order valence-electron chi connectivity index (χ4n) is 3.48. The van der Waals surface area contributed by atoms with Crippen LogP contribution >= 0.6 is 0 Å². The normalized spacial score (nSPS) is 31.4. The summed E-state index contributed by atoms with van der Waals surface area (Å²) in [4.78, 5) is 13.8. The van der Waals surface area contributed by atoms with E-state index in [-0.39, 0.29) is 31.2 Å². The fourth-order valence-corrected chi connectivity index (χ4v) is 3.87. The van der Waals surface area contributed by atoms with E-state index in [2.05, 4.69) is 14.5 Å². The van der Waals surface area contributed by atoms with Crippen LogP contribution in [-0.4, -0.2) is 63.9 Å². The van der Waals surface area contributed by atoms with E-state index in [0.717, 1.165) is 12.8 Å². The van der Waals surface area contributed by atoms with E-state index in [4.69, 9.17) is 19.4 Å². The van der Waals surface area contributed by atoms with Crippen molar-refractivity contribution in [3.63, 3.8) is 0 Å². The van der Waals surface area contributed by atoms with Gasteiger partial charge >= 0.3 is 16.4 Å². The molecule has 2 bridgehead atoms. The lowest BCUT2D eigenvalue weighted by atomic mass is 9.90. The molecule has 2 aliphatic heterocycles. The number of hydroxylamine groups is 2. The van der Waals surface area contributed by atoms with Crippen LogP contribution in [0.2, 0.25) is 0 Å². The van der Waals surface area contributed by atoms with Gasteiger partial charge in [-0.3, -0.25) is 4.55 Å². The summed E-state index contributed by atoms with van der Waals surface area (Å²) < 4.78 is 46.2. The quantitative estimate of drug-likeness (QED) is 0.621. The Morgan fingerprint density at radius 1 is 1.31 bits per heavy atom. The van der Waals surface area contributed by atoms with Crippen LogP contribution in [0.1, 0.15) is 43.5 Å². The number of hydrogen-bond acceptors (Lipinski definition) is 9. The van der Waals surface area contributed by atoms with Gasteiger partial charge in [0.2, 0.25) is 11.8 Å². The highest BCUT2D eigenvalue weighted by atomic mass is 32.3. The summed E-state index contributed by atoms with van der Waals surface area (Å²) in [6.07, 6.45) is 2.67. The van der Waals surface area contributed by atoms with Gasteiger partial charge in [0.1, 0.15) is 12.6 Å². The van der Waals surface area contributed by atoms with Gasteiger partial charge in [-0.15, -0.1) is 14.5 Å². The monoisotopic (exact) mass is 389 g/mol. The van der Waals surface area contributed by atoms with Gasteiger partial charge in [-0.05, 0) is 25.7 Å². The van der Waals surface area contributed by atoms with Gasteiger partial charge in [-0.1, -0.05) is 0 Å². The van der Waals surface area contributed by atoms with E-state index in [1.807, 2.05) is 0 Å². The van der Waals surface area contributed by atoms with Crippen molar-refractivity contribution >= 4 is 16.4 Å². The van der Waals surface area contributed by atoms with Crippen molar-refractivity contribution in [3.8, 4) is 0 Å². The van der Waals surface area contributed by atoms with Crippen LogP contribution in [0.4, 0.5) is 4.79 Å². The Hall–Kier alpha value is -1.80. The van der Waals surface area contributed by atoms with Crippen LogP contribution in [0.3, 0.4) is 0 Å². The zero-order valence-corrected chi connectivity index (χ0v) is 14.5. The van der Waals surface area contributed by atoms with Gasteiger partial charge in [0, 0.05) is 12.6 Å². The zero-order valence-electron chi connectivity index (χ0n) is 13.7. The number of ether oxygens (including phenoxy) is 1. The average molecular weight is 389 g/mol. The molecule has 0 unspecified atom stereocenters. The molecule has 1 aromatic heterocycles. The lowest BCUT2D eigenvalue weighted by molar-refractivity contribution is -0.0318. The van der Waals surface area contributed by atoms with E-state index in [0.29, 0.717) is 23.8 Å². The molecule has 0 spiro atoms. The van der Waals surface area contributed by atoms with E-state index >= 15 is 0 Å². The number of nitrogens with zero attached hydrogens (tertiary/aromatic N) is 4. The van der Waals surface area contributed by atoms with Crippen LogP contribution in [-0.2, 0) is 26.0 Å². The third-order valence-electron chi connectivity index (χ3n) is 4.84. The first-order chi connectivity index (χ1) is 12.3. The second-order valence-corrected chi connectivity index (χ2v) is 7.71. The minimum atomic E-state index is -4.77. The third kappa shape index (κ3) is 3.40. The highest BCUT2D eigenvalue weighted by molar-refractivity contribution is 7.80. The predicted molar refractivity (Wildman–Crippen MR) is 82.4 cm³/mol. The van der Waals surface area contributed by atoms with Gasteiger partial charge in [0.25, 0.3) is 0 Å². The minimum absolute atomic E-state index is 0.0992. The number of aromatic nitrogens is 2. The maximum Gasteiger partial charge on any atom is 0.418 e. The second-order valence-electron chi connectivity index (χ2n) is 6.71. The molecule has 4 rings (SSSR count). The first kappa shape index (κ1) is 17.6. The smallest absolute Gasteiger partial charge is 0.418 e. The Balaban J connectivity index is 1.40. The van der Waals surface area contributed by atoms with E-state index in [1.165, 1.54) is 4.90 Å². The van der Waals surface area contributed by atoms with Crippen LogP contribution in [0.25, 0.3) is 0 Å². The number of carbonyl (C=O) groups excluding carboxylic acids is 1. The molecule has 0 aromatic carbocycles. The van der Waals surface area contributed by atoms with Crippen molar-refractivity contribution in [2.75, 3.05) is 6.54 Å². The summed E-state index contributed by atoms with van der Waals surface area (Å²) in [6, 6.07) is -1.43. The highest BCUT2D eigenvalue weighted by Crippen LogP contribution is 2.38. The Morgan fingerprint density at radius 2 is 2.08 bits per heavy atom. The molecule has 1 saturated carbocycles. The molecule has 144 valence electrons. The summed E-state index contributed by atoms with van der Waals surface area (Å²) in [5, 5.41) is 8.60. The summed E-state index contributed by atoms with van der Waals surface area (Å²) in [5.74, 6) is 0.565. The Bertz CT molecular complexity index is 793. The number of carbonyl (C=O) groups is 1. The molecule has 1 aromatic rings. The lowest BCUT2D eigenvalue weighted by Crippen LogP contribution is -2.41. The molecule has 0 radical (unpaired) electrons. The number of hydrogen-bond donors (Lipinski definition) is 2. The first-order valence-electron chi connectivity index (χ1n) is 8.26. The molecule has 13 heteroatoms. The molecule has 12 nitrogen and oxygen atoms in total. The maximum absolute atomic E-state index is 12.4. The number of nitrogens with two attached hydrogens (primary N) is 1. The zero-order chi connectivity index (χ0) is 18.5. The summed E-state index contributed by atoms with van der Waals surface area (Å²) in [5.41, 5.74) is 5.70. The number of piperidine rings is 1. The predicted octanol–water partition coefficient (Wildman–Crippen LogP) is -0.249. The van der Waals surface area contributed by atoms with Gasteiger partial charge in [-0.2, -0.15) is 13.5 Å². The molecule has 3 fully saturated rings. The second kappa shape index (κ2) is 6.42. The number of fused-ring (bicyclic) bond motifs is 2. The van der Waals surface area contributed by atoms with E-state index in [1.54, 1.807) is 0 Å². The number of amides is 2. The van der Waals surface area contributed by atoms with Crippen molar-refractivity contribution in [1.82, 2.24) is 20.2 Å². The molecule has 26 heavy (non-hydrogen) atoms. The van der Waals surface area contributed by atoms with Crippen LogP contribution < -0.4 is 5.73 Å². The van der Waals surface area contributed by atoms with Crippen molar-refractivity contribution in [2.24, 2.45) is 5.73 Å². The first-order valence-corrected chi connectivity index (χ1v) is 9.63. The number of urea groups is 1. The molecule has 2 saturated heterocycles. The van der Waals surface area contributed by atoms with Crippen molar-refractivity contribution in [3.05, 3.63) is 11.8 Å². The highest BCUT2D eigenvalue weighted by Gasteiger charge is 2.49. The molecule has 3 aliphatic rings. The van der Waals surface area contributed by atoms with Crippen LogP contribution in [0, 0.1) is 0 Å². The van der Waals surface area contributed by atoms with Crippen LogP contribution in [0.15, 0.2) is 4.42 Å². The Morgan fingerprint density at radius 3 is 2.77 bits per heavy atom. The third-order valence-corrected chi connectivity index (χ3v) is 5.19. The number of rotatable bonds is 6. The van der Waals surface area contributed by atoms with Gasteiger partial charge in [0.15, 0.2) is 0 Å². The molecule has 3 heterocycles. The largest absolute Gasteiger partial charge is 0.420 e. The average Bonchev–Trinajstić information content (AvgIpc) is 3.10. The molecule has 3 N–H and O–H groups in total. The van der Waals surface area contributed by atoms with Crippen molar-refractivity contribution in [2.45, 2.75) is 56.5 Å². The standard InChI is InChI=1S/C13H19N5O7S/c14-7-3-9(4-7)23-6-11-15-16-12(24-11)10-2-1-8-5-17(10)13(19)18(8)25-26(20,21)22/h7-10H,1-6,14H2,(H,20,21,22)/t7?,8-,9?,10-/m0/s1. The Labute approximate surface area is 149 Å². The maximum atomic E-state index is 12.4. The molecule has 2 atom stereocenters.